The fraction of sp³-hybridized carbons (Fsp3) is 0.733. The number of ether oxygens (including phenoxy) is 1. The van der Waals surface area contributed by atoms with Gasteiger partial charge in [-0.3, -0.25) is 9.59 Å². The Labute approximate surface area is 109 Å². The molecule has 1 spiro atoms. The summed E-state index contributed by atoms with van der Waals surface area (Å²) < 4.78 is 5.24. The predicted molar refractivity (Wildman–Crippen MR) is 68.8 cm³/mol. The summed E-state index contributed by atoms with van der Waals surface area (Å²) in [6, 6.07) is 0. The Bertz CT molecular complexity index is 362. The quantitative estimate of drug-likeness (QED) is 0.720. The summed E-state index contributed by atoms with van der Waals surface area (Å²) >= 11 is 0. The summed E-state index contributed by atoms with van der Waals surface area (Å²) in [4.78, 5) is 24.0. The van der Waals surface area contributed by atoms with Crippen LogP contribution in [0.5, 0.6) is 0 Å². The predicted octanol–water partition coefficient (Wildman–Crippen LogP) is 3.53. The Balaban J connectivity index is 2.06. The topological polar surface area (TPSA) is 43.4 Å². The Morgan fingerprint density at radius 2 is 2.00 bits per heavy atom. The van der Waals surface area contributed by atoms with Crippen LogP contribution in [0.15, 0.2) is 11.8 Å². The number of Topliss-reactive ketones (excluding diaryl/α,β-unsaturated/α-hetero) is 1. The van der Waals surface area contributed by atoms with Gasteiger partial charge in [-0.05, 0) is 38.2 Å². The smallest absolute Gasteiger partial charge is 0.311 e. The Kier molecular flexibility index (Phi) is 4.20. The van der Waals surface area contributed by atoms with Gasteiger partial charge in [0.2, 0.25) is 5.78 Å². The molecule has 1 saturated carbocycles. The SMILES string of the molecule is CCCC(=O)OC1=CCCC2(CCCCC2)C1=O. The first-order valence-electron chi connectivity index (χ1n) is 7.13. The molecule has 0 aromatic rings. The summed E-state index contributed by atoms with van der Waals surface area (Å²) in [5.74, 6) is 0.129. The number of carbonyl (C=O) groups is 2. The normalized spacial score (nSPS) is 22.7. The lowest BCUT2D eigenvalue weighted by molar-refractivity contribution is -0.146. The van der Waals surface area contributed by atoms with Gasteiger partial charge in [-0.15, -0.1) is 0 Å². The van der Waals surface area contributed by atoms with E-state index in [0.717, 1.165) is 44.9 Å². The molecule has 0 aromatic heterocycles. The third-order valence-electron chi connectivity index (χ3n) is 4.15. The zero-order valence-corrected chi connectivity index (χ0v) is 11.2. The number of esters is 1. The third-order valence-corrected chi connectivity index (χ3v) is 4.15. The largest absolute Gasteiger partial charge is 0.423 e. The molecule has 100 valence electrons. The minimum atomic E-state index is -0.273. The summed E-state index contributed by atoms with van der Waals surface area (Å²) in [5.41, 5.74) is -0.213. The van der Waals surface area contributed by atoms with E-state index < -0.39 is 0 Å². The van der Waals surface area contributed by atoms with Crippen LogP contribution in [0.3, 0.4) is 0 Å². The third kappa shape index (κ3) is 2.65. The molecule has 2 rings (SSSR count). The number of rotatable bonds is 3. The van der Waals surface area contributed by atoms with Crippen molar-refractivity contribution in [1.29, 1.82) is 0 Å². The van der Waals surface area contributed by atoms with Crippen LogP contribution >= 0.6 is 0 Å². The first-order valence-corrected chi connectivity index (χ1v) is 7.13. The van der Waals surface area contributed by atoms with Gasteiger partial charge in [-0.25, -0.2) is 0 Å². The molecule has 0 atom stereocenters. The fourth-order valence-corrected chi connectivity index (χ4v) is 3.12. The summed E-state index contributed by atoms with van der Waals surface area (Å²) in [7, 11) is 0. The van der Waals surface area contributed by atoms with Gasteiger partial charge < -0.3 is 4.74 Å². The van der Waals surface area contributed by atoms with E-state index in [2.05, 4.69) is 0 Å². The van der Waals surface area contributed by atoms with Gasteiger partial charge in [0, 0.05) is 11.8 Å². The Hall–Kier alpha value is -1.12. The Morgan fingerprint density at radius 3 is 2.67 bits per heavy atom. The van der Waals surface area contributed by atoms with Gasteiger partial charge in [0.25, 0.3) is 0 Å². The molecule has 0 unspecified atom stereocenters. The highest BCUT2D eigenvalue weighted by Crippen LogP contribution is 2.45. The first-order chi connectivity index (χ1) is 8.68. The van der Waals surface area contributed by atoms with E-state index in [0.29, 0.717) is 12.2 Å². The van der Waals surface area contributed by atoms with Gasteiger partial charge >= 0.3 is 5.97 Å². The molecule has 0 bridgehead atoms. The number of carbonyl (C=O) groups excluding carboxylic acids is 2. The van der Waals surface area contributed by atoms with Gasteiger partial charge in [0.15, 0.2) is 5.76 Å². The van der Waals surface area contributed by atoms with Gasteiger partial charge in [-0.2, -0.15) is 0 Å². The van der Waals surface area contributed by atoms with E-state index in [-0.39, 0.29) is 17.2 Å². The van der Waals surface area contributed by atoms with Crippen LogP contribution in [-0.2, 0) is 14.3 Å². The van der Waals surface area contributed by atoms with Crippen molar-refractivity contribution in [1.82, 2.24) is 0 Å². The Morgan fingerprint density at radius 1 is 1.28 bits per heavy atom. The standard InChI is InChI=1S/C15H22O3/c1-2-7-13(16)18-12-8-6-11-15(14(12)17)9-4-3-5-10-15/h8H,2-7,9-11H2,1H3. The molecule has 0 N–H and O–H groups in total. The maximum absolute atomic E-state index is 12.5. The lowest BCUT2D eigenvalue weighted by atomic mass is 9.66. The summed E-state index contributed by atoms with van der Waals surface area (Å²) in [6.07, 6.45) is 10.1. The molecule has 0 aliphatic heterocycles. The van der Waals surface area contributed by atoms with E-state index in [1.807, 2.05) is 6.92 Å². The van der Waals surface area contributed by atoms with Crippen molar-refractivity contribution in [3.8, 4) is 0 Å². The molecule has 0 amide bonds. The molecule has 2 aliphatic carbocycles. The second kappa shape index (κ2) is 5.68. The summed E-state index contributed by atoms with van der Waals surface area (Å²) in [6.45, 7) is 1.93. The highest BCUT2D eigenvalue weighted by molar-refractivity contribution is 6.00. The highest BCUT2D eigenvalue weighted by Gasteiger charge is 2.43. The monoisotopic (exact) mass is 250 g/mol. The number of hydrogen-bond acceptors (Lipinski definition) is 3. The van der Waals surface area contributed by atoms with E-state index in [1.54, 1.807) is 6.08 Å². The molecule has 0 heterocycles. The first kappa shape index (κ1) is 13.3. The molecule has 0 saturated heterocycles. The molecule has 3 heteroatoms. The highest BCUT2D eigenvalue weighted by atomic mass is 16.5. The number of hydrogen-bond donors (Lipinski definition) is 0. The zero-order chi connectivity index (χ0) is 13.0. The minimum Gasteiger partial charge on any atom is -0.423 e. The van der Waals surface area contributed by atoms with Gasteiger partial charge in [0.05, 0.1) is 0 Å². The van der Waals surface area contributed by atoms with Crippen LogP contribution < -0.4 is 0 Å². The molecule has 1 fully saturated rings. The summed E-state index contributed by atoms with van der Waals surface area (Å²) in [5, 5.41) is 0. The van der Waals surface area contributed by atoms with Crippen LogP contribution in [0.25, 0.3) is 0 Å². The van der Waals surface area contributed by atoms with Crippen molar-refractivity contribution in [2.24, 2.45) is 5.41 Å². The molecule has 2 aliphatic rings. The second-order valence-corrected chi connectivity index (χ2v) is 5.50. The van der Waals surface area contributed by atoms with E-state index in [1.165, 1.54) is 6.42 Å². The van der Waals surface area contributed by atoms with Crippen LogP contribution in [0, 0.1) is 5.41 Å². The molecule has 3 nitrogen and oxygen atoms in total. The van der Waals surface area contributed by atoms with Crippen molar-refractivity contribution in [2.45, 2.75) is 64.7 Å². The van der Waals surface area contributed by atoms with Crippen LogP contribution in [0.4, 0.5) is 0 Å². The average molecular weight is 250 g/mol. The zero-order valence-electron chi connectivity index (χ0n) is 11.2. The van der Waals surface area contributed by atoms with Crippen molar-refractivity contribution in [3.63, 3.8) is 0 Å². The lowest BCUT2D eigenvalue weighted by Crippen LogP contribution is -2.37. The van der Waals surface area contributed by atoms with Crippen molar-refractivity contribution in [2.75, 3.05) is 0 Å². The number of ketones is 1. The lowest BCUT2D eigenvalue weighted by Gasteiger charge is -2.38. The fourth-order valence-electron chi connectivity index (χ4n) is 3.12. The van der Waals surface area contributed by atoms with Crippen LogP contribution in [0.2, 0.25) is 0 Å². The van der Waals surface area contributed by atoms with Gasteiger partial charge in [0.1, 0.15) is 0 Å². The molecule has 0 radical (unpaired) electrons. The minimum absolute atomic E-state index is 0.0814. The number of allylic oxidation sites excluding steroid dienone is 2. The van der Waals surface area contributed by atoms with E-state index in [9.17, 15) is 9.59 Å². The maximum atomic E-state index is 12.5. The van der Waals surface area contributed by atoms with Crippen molar-refractivity contribution >= 4 is 11.8 Å². The molecular weight excluding hydrogens is 228 g/mol. The van der Waals surface area contributed by atoms with Crippen LogP contribution in [-0.4, -0.2) is 11.8 Å². The van der Waals surface area contributed by atoms with Crippen molar-refractivity contribution < 1.29 is 14.3 Å². The molecule has 0 aromatic carbocycles. The van der Waals surface area contributed by atoms with Crippen molar-refractivity contribution in [3.05, 3.63) is 11.8 Å². The maximum Gasteiger partial charge on any atom is 0.311 e. The van der Waals surface area contributed by atoms with E-state index in [4.69, 9.17) is 4.74 Å². The average Bonchev–Trinajstić information content (AvgIpc) is 2.37. The molecular formula is C15H22O3. The second-order valence-electron chi connectivity index (χ2n) is 5.50. The molecule has 18 heavy (non-hydrogen) atoms. The van der Waals surface area contributed by atoms with Gasteiger partial charge in [-0.1, -0.05) is 26.2 Å². The van der Waals surface area contributed by atoms with E-state index >= 15 is 0 Å². The van der Waals surface area contributed by atoms with Crippen LogP contribution in [0.1, 0.15) is 64.7 Å².